The fourth-order valence-electron chi connectivity index (χ4n) is 5.53. The molecule has 212 valence electrons. The Kier molecular flexibility index (Phi) is 6.84. The molecular formula is C25H31F3N6O4S. The smallest absolute Gasteiger partial charge is 0.423 e. The van der Waals surface area contributed by atoms with Crippen LogP contribution >= 0.6 is 0 Å². The van der Waals surface area contributed by atoms with Crippen molar-refractivity contribution < 1.29 is 31.1 Å². The number of benzene rings is 1. The lowest BCUT2D eigenvalue weighted by molar-refractivity contribution is -0.139. The van der Waals surface area contributed by atoms with Gasteiger partial charge in [-0.2, -0.15) is 22.5 Å². The molecule has 0 bridgehead atoms. The van der Waals surface area contributed by atoms with Crippen LogP contribution in [0.15, 0.2) is 35.4 Å². The summed E-state index contributed by atoms with van der Waals surface area (Å²) in [6, 6.07) is 6.84. The van der Waals surface area contributed by atoms with Gasteiger partial charge in [0.2, 0.25) is 21.9 Å². The van der Waals surface area contributed by atoms with Crippen LogP contribution in [0.4, 0.5) is 24.8 Å². The molecule has 4 saturated heterocycles. The molecule has 2 N–H and O–H groups in total. The van der Waals surface area contributed by atoms with E-state index in [0.29, 0.717) is 37.5 Å². The first-order valence-corrected chi connectivity index (χ1v) is 14.6. The van der Waals surface area contributed by atoms with E-state index in [1.54, 1.807) is 12.1 Å². The third-order valence-electron chi connectivity index (χ3n) is 7.90. The summed E-state index contributed by atoms with van der Waals surface area (Å²) in [5.74, 6) is -0.518. The summed E-state index contributed by atoms with van der Waals surface area (Å²) in [4.78, 5) is 10.4. The van der Waals surface area contributed by atoms with Gasteiger partial charge in [-0.25, -0.2) is 13.4 Å². The molecule has 5 heterocycles. The van der Waals surface area contributed by atoms with Gasteiger partial charge >= 0.3 is 6.18 Å². The molecule has 0 amide bonds. The Bertz CT molecular complexity index is 1280. The molecule has 1 aromatic heterocycles. The normalized spacial score (nSPS) is 23.9. The fourth-order valence-corrected chi connectivity index (χ4v) is 7.00. The van der Waals surface area contributed by atoms with Gasteiger partial charge in [0.15, 0.2) is 0 Å². The maximum absolute atomic E-state index is 13.5. The number of ether oxygens (including phenoxy) is 2. The third-order valence-corrected chi connectivity index (χ3v) is 9.82. The average molecular weight is 569 g/mol. The highest BCUT2D eigenvalue weighted by Crippen LogP contribution is 2.38. The van der Waals surface area contributed by atoms with Gasteiger partial charge in [-0.3, -0.25) is 0 Å². The minimum atomic E-state index is -4.66. The summed E-state index contributed by atoms with van der Waals surface area (Å²) < 4.78 is 79.0. The molecule has 6 rings (SSSR count). The predicted molar refractivity (Wildman–Crippen MR) is 136 cm³/mol. The molecule has 1 atom stereocenters. The minimum Gasteiger partial charge on any atom is -0.471 e. The number of aromatic nitrogens is 2. The van der Waals surface area contributed by atoms with Gasteiger partial charge in [-0.05, 0) is 37.1 Å². The number of nitrogens with zero attached hydrogens (tertiary/aromatic N) is 4. The highest BCUT2D eigenvalue weighted by Gasteiger charge is 2.47. The van der Waals surface area contributed by atoms with Gasteiger partial charge < -0.3 is 25.0 Å². The van der Waals surface area contributed by atoms with Crippen molar-refractivity contribution in [1.29, 1.82) is 0 Å². The van der Waals surface area contributed by atoms with E-state index in [4.69, 9.17) is 9.47 Å². The van der Waals surface area contributed by atoms with E-state index in [0.717, 1.165) is 31.9 Å². The molecule has 4 aliphatic heterocycles. The number of hydrogen-bond acceptors (Lipinski definition) is 9. The van der Waals surface area contributed by atoms with E-state index in [1.165, 1.54) is 4.31 Å². The number of piperidine rings is 1. The number of hydrogen-bond donors (Lipinski definition) is 2. The zero-order valence-electron chi connectivity index (χ0n) is 21.3. The Balaban J connectivity index is 1.06. The van der Waals surface area contributed by atoms with Gasteiger partial charge in [0.05, 0.1) is 18.1 Å². The van der Waals surface area contributed by atoms with Crippen molar-refractivity contribution in [2.75, 3.05) is 62.7 Å². The molecule has 4 aliphatic rings. The molecule has 0 unspecified atom stereocenters. The first-order valence-electron chi connectivity index (χ1n) is 13.1. The third kappa shape index (κ3) is 5.39. The molecule has 0 radical (unpaired) electrons. The zero-order valence-corrected chi connectivity index (χ0v) is 22.1. The molecule has 0 saturated carbocycles. The summed E-state index contributed by atoms with van der Waals surface area (Å²) in [5, 5.41) is 6.36. The number of sulfonamides is 1. The molecule has 10 nitrogen and oxygen atoms in total. The average Bonchev–Trinajstić information content (AvgIpc) is 3.35. The van der Waals surface area contributed by atoms with E-state index in [1.807, 2.05) is 12.1 Å². The van der Waals surface area contributed by atoms with Crippen LogP contribution < -0.4 is 20.3 Å². The molecule has 1 spiro atoms. The number of alkyl halides is 3. The first-order chi connectivity index (χ1) is 18.6. The first kappa shape index (κ1) is 26.5. The largest absolute Gasteiger partial charge is 0.471 e. The van der Waals surface area contributed by atoms with Crippen LogP contribution in [0.1, 0.15) is 24.8 Å². The highest BCUT2D eigenvalue weighted by atomic mass is 32.2. The van der Waals surface area contributed by atoms with Crippen LogP contribution in [0, 0.1) is 5.41 Å². The van der Waals surface area contributed by atoms with Crippen LogP contribution in [0.5, 0.6) is 5.88 Å². The summed E-state index contributed by atoms with van der Waals surface area (Å²) in [7, 11) is -3.66. The maximum atomic E-state index is 13.5. The van der Waals surface area contributed by atoms with Gasteiger partial charge in [0.1, 0.15) is 11.7 Å². The lowest BCUT2D eigenvalue weighted by atomic mass is 9.74. The maximum Gasteiger partial charge on any atom is 0.423 e. The monoisotopic (exact) mass is 568 g/mol. The second kappa shape index (κ2) is 10.1. The van der Waals surface area contributed by atoms with E-state index in [2.05, 4.69) is 25.5 Å². The lowest BCUT2D eigenvalue weighted by Crippen LogP contribution is -2.71. The van der Waals surface area contributed by atoms with E-state index < -0.39 is 33.7 Å². The molecule has 4 fully saturated rings. The van der Waals surface area contributed by atoms with Crippen LogP contribution in [-0.4, -0.2) is 87.3 Å². The van der Waals surface area contributed by atoms with Crippen molar-refractivity contribution in [3.05, 3.63) is 36.0 Å². The van der Waals surface area contributed by atoms with Gasteiger partial charge in [0, 0.05) is 69.0 Å². The Hall–Kier alpha value is -2.68. The van der Waals surface area contributed by atoms with Gasteiger partial charge in [-0.15, -0.1) is 0 Å². The number of rotatable bonds is 7. The van der Waals surface area contributed by atoms with E-state index >= 15 is 0 Å². The fraction of sp³-hybridized carbons (Fsp3) is 0.600. The number of anilines is 2. The highest BCUT2D eigenvalue weighted by molar-refractivity contribution is 7.89. The molecule has 39 heavy (non-hydrogen) atoms. The minimum absolute atomic E-state index is 0.0132. The molecule has 0 aliphatic carbocycles. The van der Waals surface area contributed by atoms with Crippen molar-refractivity contribution in [3.8, 4) is 5.88 Å². The quantitative estimate of drug-likeness (QED) is 0.520. The van der Waals surface area contributed by atoms with Gasteiger partial charge in [0.25, 0.3) is 0 Å². The van der Waals surface area contributed by atoms with Crippen LogP contribution in [0.3, 0.4) is 0 Å². The SMILES string of the molecule is O=S(=O)(c1ccc(N2CC3(CNC3)C2)cc1)N1CCC(Nc2ncc(C(F)(F)F)c(O[C@H]3CCOC3)n2)CC1. The molecule has 14 heteroatoms. The van der Waals surface area contributed by atoms with E-state index in [-0.39, 0.29) is 36.6 Å². The summed E-state index contributed by atoms with van der Waals surface area (Å²) in [6.07, 6.45) is -3.05. The van der Waals surface area contributed by atoms with Crippen molar-refractivity contribution >= 4 is 21.7 Å². The van der Waals surface area contributed by atoms with E-state index in [9.17, 15) is 21.6 Å². The van der Waals surface area contributed by atoms with Crippen molar-refractivity contribution in [2.45, 2.75) is 42.5 Å². The molecule has 1 aromatic carbocycles. The Morgan fingerprint density at radius 2 is 1.82 bits per heavy atom. The zero-order chi connectivity index (χ0) is 27.3. The number of halogens is 3. The second-order valence-electron chi connectivity index (χ2n) is 10.8. The van der Waals surface area contributed by atoms with Gasteiger partial charge in [-0.1, -0.05) is 0 Å². The number of nitrogens with one attached hydrogen (secondary N) is 2. The van der Waals surface area contributed by atoms with Crippen LogP contribution in [0.2, 0.25) is 0 Å². The van der Waals surface area contributed by atoms with Crippen LogP contribution in [-0.2, 0) is 20.9 Å². The van der Waals surface area contributed by atoms with Crippen molar-refractivity contribution in [2.24, 2.45) is 5.41 Å². The second-order valence-corrected chi connectivity index (χ2v) is 12.7. The van der Waals surface area contributed by atoms with Crippen molar-refractivity contribution in [3.63, 3.8) is 0 Å². The lowest BCUT2D eigenvalue weighted by Gasteiger charge is -2.57. The van der Waals surface area contributed by atoms with Crippen molar-refractivity contribution in [1.82, 2.24) is 19.6 Å². The topological polar surface area (TPSA) is 109 Å². The Morgan fingerprint density at radius 3 is 2.41 bits per heavy atom. The standard InChI is InChI=1S/C25H31F3N6O4S/c26-25(27,28)21-11-30-23(32-22(21)38-19-7-10-37-12-19)31-17-5-8-34(9-6-17)39(35,36)20-3-1-18(2-4-20)33-15-24(16-33)13-29-14-24/h1-4,11,17,19,29H,5-10,12-16H2,(H,30,31,32)/t19-/m0/s1. The Morgan fingerprint density at radius 1 is 1.10 bits per heavy atom. The molecular weight excluding hydrogens is 537 g/mol. The summed E-state index contributed by atoms with van der Waals surface area (Å²) >= 11 is 0. The molecule has 2 aromatic rings. The predicted octanol–water partition coefficient (Wildman–Crippen LogP) is 2.34. The summed E-state index contributed by atoms with van der Waals surface area (Å²) in [6.45, 7) is 5.21. The summed E-state index contributed by atoms with van der Waals surface area (Å²) in [5.41, 5.74) is 0.365. The van der Waals surface area contributed by atoms with Crippen LogP contribution in [0.25, 0.3) is 0 Å². The Labute approximate surface area is 224 Å².